The van der Waals surface area contributed by atoms with Gasteiger partial charge in [0.05, 0.1) is 5.92 Å². The molecule has 0 aliphatic carbocycles. The first-order valence-corrected chi connectivity index (χ1v) is 10.4. The van der Waals surface area contributed by atoms with E-state index in [1.54, 1.807) is 28.4 Å². The Hall–Kier alpha value is -1.92. The maximum atomic E-state index is 12.5. The van der Waals surface area contributed by atoms with Crippen LogP contribution >= 0.6 is 23.5 Å². The van der Waals surface area contributed by atoms with Crippen LogP contribution in [0.15, 0.2) is 58.3 Å². The largest absolute Gasteiger partial charge is 0.326 e. The lowest BCUT2D eigenvalue weighted by Crippen LogP contribution is -2.28. The first kappa shape index (κ1) is 17.9. The molecule has 2 amide bonds. The van der Waals surface area contributed by atoms with Gasteiger partial charge in [-0.2, -0.15) is 0 Å². The Morgan fingerprint density at radius 1 is 1.08 bits per heavy atom. The predicted molar refractivity (Wildman–Crippen MR) is 106 cm³/mol. The zero-order chi connectivity index (χ0) is 17.8. The van der Waals surface area contributed by atoms with E-state index < -0.39 is 0 Å². The highest BCUT2D eigenvalue weighted by Gasteiger charge is 2.35. The van der Waals surface area contributed by atoms with E-state index in [4.69, 9.17) is 0 Å². The van der Waals surface area contributed by atoms with Gasteiger partial charge in [0.1, 0.15) is 0 Å². The molecule has 0 bridgehead atoms. The van der Waals surface area contributed by atoms with Gasteiger partial charge in [-0.15, -0.1) is 23.5 Å². The maximum Gasteiger partial charge on any atom is 0.229 e. The molecule has 2 aromatic carbocycles. The highest BCUT2D eigenvalue weighted by molar-refractivity contribution is 7.98. The third-order valence-electron chi connectivity index (χ3n) is 4.22. The lowest BCUT2D eigenvalue weighted by molar-refractivity contribution is -0.122. The monoisotopic (exact) mass is 372 g/mol. The number of rotatable bonds is 5. The summed E-state index contributed by atoms with van der Waals surface area (Å²) in [5, 5.41) is 2.93. The van der Waals surface area contributed by atoms with Gasteiger partial charge < -0.3 is 10.2 Å². The Kier molecular flexibility index (Phi) is 5.71. The molecular weight excluding hydrogens is 352 g/mol. The summed E-state index contributed by atoms with van der Waals surface area (Å²) in [6, 6.07) is 15.6. The van der Waals surface area contributed by atoms with Crippen LogP contribution in [0.4, 0.5) is 11.4 Å². The molecule has 1 heterocycles. The van der Waals surface area contributed by atoms with Gasteiger partial charge in [0.2, 0.25) is 11.8 Å². The lowest BCUT2D eigenvalue weighted by Gasteiger charge is -2.17. The van der Waals surface area contributed by atoms with Crippen LogP contribution in [-0.4, -0.2) is 30.9 Å². The van der Waals surface area contributed by atoms with Gasteiger partial charge in [0.15, 0.2) is 0 Å². The van der Waals surface area contributed by atoms with Gasteiger partial charge in [0.25, 0.3) is 0 Å². The molecule has 1 fully saturated rings. The van der Waals surface area contributed by atoms with Gasteiger partial charge in [-0.1, -0.05) is 6.07 Å². The number of nitrogens with zero attached hydrogens (tertiary/aromatic N) is 1. The van der Waals surface area contributed by atoms with Crippen molar-refractivity contribution in [2.75, 3.05) is 29.3 Å². The molecule has 4 nitrogen and oxygen atoms in total. The Morgan fingerprint density at radius 2 is 1.80 bits per heavy atom. The molecule has 130 valence electrons. The summed E-state index contributed by atoms with van der Waals surface area (Å²) in [5.41, 5.74) is 1.62. The summed E-state index contributed by atoms with van der Waals surface area (Å²) in [6.45, 7) is 0.422. The van der Waals surface area contributed by atoms with Crippen molar-refractivity contribution < 1.29 is 9.59 Å². The summed E-state index contributed by atoms with van der Waals surface area (Å²) < 4.78 is 0. The van der Waals surface area contributed by atoms with Crippen molar-refractivity contribution in [3.05, 3.63) is 48.5 Å². The van der Waals surface area contributed by atoms with Gasteiger partial charge >= 0.3 is 0 Å². The Morgan fingerprint density at radius 3 is 2.48 bits per heavy atom. The van der Waals surface area contributed by atoms with Crippen LogP contribution in [-0.2, 0) is 9.59 Å². The predicted octanol–water partition coefficient (Wildman–Crippen LogP) is 4.12. The number of thioether (sulfide) groups is 2. The van der Waals surface area contributed by atoms with Crippen LogP contribution in [0.25, 0.3) is 0 Å². The molecule has 3 rings (SSSR count). The van der Waals surface area contributed by atoms with E-state index >= 15 is 0 Å². The summed E-state index contributed by atoms with van der Waals surface area (Å²) >= 11 is 3.29. The molecule has 1 unspecified atom stereocenters. The summed E-state index contributed by atoms with van der Waals surface area (Å²) in [7, 11) is 0. The average molecular weight is 373 g/mol. The third kappa shape index (κ3) is 4.19. The van der Waals surface area contributed by atoms with E-state index in [1.165, 1.54) is 0 Å². The number of carbonyl (C=O) groups is 2. The standard InChI is InChI=1S/C19H20N2O2S2/c1-24-16-8-6-15(7-9-16)21-12-13(10-18(21)22)19(23)20-14-4-3-5-17(11-14)25-2/h3-9,11,13H,10,12H2,1-2H3,(H,20,23). The SMILES string of the molecule is CSc1ccc(N2CC(C(=O)Nc3cccc(SC)c3)CC2=O)cc1. The van der Waals surface area contributed by atoms with E-state index in [0.717, 1.165) is 21.2 Å². The van der Waals surface area contributed by atoms with Gasteiger partial charge in [0, 0.05) is 34.1 Å². The Bertz CT molecular complexity index is 777. The van der Waals surface area contributed by atoms with E-state index in [2.05, 4.69) is 5.32 Å². The molecule has 0 radical (unpaired) electrons. The highest BCUT2D eigenvalue weighted by atomic mass is 32.2. The van der Waals surface area contributed by atoms with Crippen LogP contribution in [0.3, 0.4) is 0 Å². The van der Waals surface area contributed by atoms with Crippen molar-refractivity contribution in [3.63, 3.8) is 0 Å². The second-order valence-corrected chi connectivity index (χ2v) is 7.58. The fourth-order valence-corrected chi connectivity index (χ4v) is 3.71. The highest BCUT2D eigenvalue weighted by Crippen LogP contribution is 2.28. The molecule has 1 N–H and O–H groups in total. The van der Waals surface area contributed by atoms with Crippen molar-refractivity contribution in [2.24, 2.45) is 5.92 Å². The van der Waals surface area contributed by atoms with Crippen LogP contribution in [0.2, 0.25) is 0 Å². The molecule has 1 aliphatic rings. The summed E-state index contributed by atoms with van der Waals surface area (Å²) in [4.78, 5) is 28.8. The zero-order valence-corrected chi connectivity index (χ0v) is 15.8. The molecule has 1 saturated heterocycles. The summed E-state index contributed by atoms with van der Waals surface area (Å²) in [5.74, 6) is -0.435. The van der Waals surface area contributed by atoms with Crippen molar-refractivity contribution in [1.29, 1.82) is 0 Å². The van der Waals surface area contributed by atoms with Crippen molar-refractivity contribution >= 4 is 46.7 Å². The molecule has 0 aromatic heterocycles. The number of benzene rings is 2. The van der Waals surface area contributed by atoms with Gasteiger partial charge in [-0.05, 0) is 55.0 Å². The quantitative estimate of drug-likeness (QED) is 0.802. The van der Waals surface area contributed by atoms with E-state index in [9.17, 15) is 9.59 Å². The molecule has 25 heavy (non-hydrogen) atoms. The third-order valence-corrected chi connectivity index (χ3v) is 5.69. The number of carbonyl (C=O) groups excluding carboxylic acids is 2. The molecular formula is C19H20N2O2S2. The maximum absolute atomic E-state index is 12.5. The second kappa shape index (κ2) is 7.97. The van der Waals surface area contributed by atoms with E-state index in [1.807, 2.05) is 61.0 Å². The number of hydrogen-bond acceptors (Lipinski definition) is 4. The minimum Gasteiger partial charge on any atom is -0.326 e. The first-order valence-electron chi connectivity index (χ1n) is 8.00. The van der Waals surface area contributed by atoms with Gasteiger partial charge in [-0.25, -0.2) is 0 Å². The number of amides is 2. The minimum atomic E-state index is -0.328. The summed E-state index contributed by atoms with van der Waals surface area (Å²) in [6.07, 6.45) is 4.26. The fourth-order valence-electron chi connectivity index (χ4n) is 2.84. The zero-order valence-electron chi connectivity index (χ0n) is 14.2. The van der Waals surface area contributed by atoms with E-state index in [0.29, 0.717) is 6.54 Å². The normalized spacial score (nSPS) is 17.0. The molecule has 0 spiro atoms. The number of hydrogen-bond donors (Lipinski definition) is 1. The number of nitrogens with one attached hydrogen (secondary N) is 1. The topological polar surface area (TPSA) is 49.4 Å². The molecule has 0 saturated carbocycles. The van der Waals surface area contributed by atoms with Crippen molar-refractivity contribution in [2.45, 2.75) is 16.2 Å². The lowest BCUT2D eigenvalue weighted by atomic mass is 10.1. The van der Waals surface area contributed by atoms with Gasteiger partial charge in [-0.3, -0.25) is 9.59 Å². The molecule has 1 atom stereocenters. The molecule has 6 heteroatoms. The molecule has 2 aromatic rings. The Labute approximate surface area is 156 Å². The first-order chi connectivity index (χ1) is 12.1. The Balaban J connectivity index is 1.67. The van der Waals surface area contributed by atoms with Crippen LogP contribution in [0.5, 0.6) is 0 Å². The minimum absolute atomic E-state index is 0.00471. The van der Waals surface area contributed by atoms with Crippen molar-refractivity contribution in [1.82, 2.24) is 0 Å². The van der Waals surface area contributed by atoms with Crippen LogP contribution in [0, 0.1) is 5.92 Å². The smallest absolute Gasteiger partial charge is 0.229 e. The second-order valence-electron chi connectivity index (χ2n) is 5.82. The number of anilines is 2. The average Bonchev–Trinajstić information content (AvgIpc) is 3.04. The van der Waals surface area contributed by atoms with Crippen LogP contribution in [0.1, 0.15) is 6.42 Å². The van der Waals surface area contributed by atoms with Crippen molar-refractivity contribution in [3.8, 4) is 0 Å². The molecule has 1 aliphatic heterocycles. The fraction of sp³-hybridized carbons (Fsp3) is 0.263. The van der Waals surface area contributed by atoms with Crippen LogP contribution < -0.4 is 10.2 Å². The van der Waals surface area contributed by atoms with E-state index in [-0.39, 0.29) is 24.2 Å².